The van der Waals surface area contributed by atoms with Gasteiger partial charge in [-0.15, -0.1) is 0 Å². The smallest absolute Gasteiger partial charge is 0.255 e. The summed E-state index contributed by atoms with van der Waals surface area (Å²) in [5.74, 6) is 0.362. The van der Waals surface area contributed by atoms with Gasteiger partial charge in [-0.1, -0.05) is 40.2 Å². The number of aromatic nitrogens is 2. The van der Waals surface area contributed by atoms with Crippen molar-refractivity contribution in [3.05, 3.63) is 53.2 Å². The molecule has 1 aromatic carbocycles. The number of nitrogens with zero attached hydrogens (tertiary/aromatic N) is 4. The number of nitrogens with one attached hydrogen (secondary N) is 1. The second-order valence-corrected chi connectivity index (χ2v) is 11.7. The molecule has 2 atom stereocenters. The first-order valence-corrected chi connectivity index (χ1v) is 14.1. The van der Waals surface area contributed by atoms with E-state index in [1.165, 1.54) is 10.9 Å². The van der Waals surface area contributed by atoms with Crippen LogP contribution < -0.4 is 5.32 Å². The molecule has 2 aromatic heterocycles. The molecule has 0 radical (unpaired) electrons. The number of rotatable bonds is 9. The zero-order valence-electron chi connectivity index (χ0n) is 23.7. The van der Waals surface area contributed by atoms with Crippen molar-refractivity contribution in [2.75, 3.05) is 13.1 Å². The minimum absolute atomic E-state index is 0.160. The molecule has 206 valence electrons. The molecule has 0 spiro atoms. The number of hydrogen-bond donors (Lipinski definition) is 1. The lowest BCUT2D eigenvalue weighted by Crippen LogP contribution is -2.52. The number of carbonyl (C=O) groups excluding carboxylic acids is 3. The highest BCUT2D eigenvalue weighted by Gasteiger charge is 2.39. The third-order valence-corrected chi connectivity index (χ3v) is 8.03. The van der Waals surface area contributed by atoms with Crippen LogP contribution in [0.2, 0.25) is 0 Å². The second kappa shape index (κ2) is 10.9. The first kappa shape index (κ1) is 27.1. The summed E-state index contributed by atoms with van der Waals surface area (Å²) in [5, 5.41) is 3.54. The Kier molecular flexibility index (Phi) is 7.58. The van der Waals surface area contributed by atoms with Gasteiger partial charge in [0.25, 0.3) is 5.91 Å². The van der Waals surface area contributed by atoms with Gasteiger partial charge in [0.2, 0.25) is 11.8 Å². The van der Waals surface area contributed by atoms with E-state index in [9.17, 15) is 14.4 Å². The molecule has 4 heterocycles. The minimum Gasteiger partial charge on any atom is -0.336 e. The Morgan fingerprint density at radius 1 is 1.10 bits per heavy atom. The number of pyridine rings is 1. The first-order valence-electron chi connectivity index (χ1n) is 14.1. The van der Waals surface area contributed by atoms with Gasteiger partial charge in [-0.3, -0.25) is 24.6 Å². The van der Waals surface area contributed by atoms with Crippen LogP contribution in [-0.2, 0) is 29.7 Å². The number of hydrogen-bond acceptors (Lipinski definition) is 5. The number of benzene rings is 1. The van der Waals surface area contributed by atoms with Crippen molar-refractivity contribution in [2.45, 2.75) is 66.1 Å². The fraction of sp³-hybridized carbons (Fsp3) is 0.484. The van der Waals surface area contributed by atoms with Crippen LogP contribution in [0.25, 0.3) is 22.3 Å². The number of aryl methyl sites for hydroxylation is 1. The summed E-state index contributed by atoms with van der Waals surface area (Å²) in [6.45, 7) is 12.4. The van der Waals surface area contributed by atoms with E-state index in [2.05, 4.69) is 60.8 Å². The van der Waals surface area contributed by atoms with Crippen molar-refractivity contribution in [2.24, 2.45) is 18.9 Å². The molecule has 1 saturated heterocycles. The van der Waals surface area contributed by atoms with Gasteiger partial charge in [-0.05, 0) is 53.6 Å². The summed E-state index contributed by atoms with van der Waals surface area (Å²) >= 11 is 0. The largest absolute Gasteiger partial charge is 0.336 e. The fourth-order valence-electron chi connectivity index (χ4n) is 5.84. The SMILES string of the molecule is CCC(C)CN(Cc1cc(-c2ccc3c(c2)CN(C2CCC(=O)NC2=O)C3=O)nc2c1ccn2C)CC(C)C. The van der Waals surface area contributed by atoms with Gasteiger partial charge in [0.1, 0.15) is 11.7 Å². The Balaban J connectivity index is 1.47. The summed E-state index contributed by atoms with van der Waals surface area (Å²) in [7, 11) is 2.02. The monoisotopic (exact) mass is 529 g/mol. The average molecular weight is 530 g/mol. The van der Waals surface area contributed by atoms with Gasteiger partial charge in [0, 0.05) is 62.4 Å². The highest BCUT2D eigenvalue weighted by molar-refractivity contribution is 6.05. The quantitative estimate of drug-likeness (QED) is 0.412. The molecular weight excluding hydrogens is 490 g/mol. The highest BCUT2D eigenvalue weighted by atomic mass is 16.2. The molecule has 3 aromatic rings. The predicted molar refractivity (Wildman–Crippen MR) is 152 cm³/mol. The molecule has 39 heavy (non-hydrogen) atoms. The van der Waals surface area contributed by atoms with Crippen LogP contribution in [-0.4, -0.2) is 56.2 Å². The van der Waals surface area contributed by atoms with Gasteiger partial charge in [0.05, 0.1) is 5.69 Å². The molecule has 8 nitrogen and oxygen atoms in total. The van der Waals surface area contributed by atoms with Crippen molar-refractivity contribution < 1.29 is 14.4 Å². The van der Waals surface area contributed by atoms with Gasteiger partial charge in [-0.25, -0.2) is 4.98 Å². The van der Waals surface area contributed by atoms with E-state index < -0.39 is 11.9 Å². The standard InChI is InChI=1S/C31H39N5O3/c1-6-20(4)16-35(15-19(2)3)17-23-14-26(32-29-24(23)11-12-34(29)5)21-7-8-25-22(13-21)18-36(31(25)39)27-9-10-28(37)33-30(27)38/h7-8,11-14,19-20,27H,6,9-10,15-18H2,1-5H3,(H,33,37,38). The summed E-state index contributed by atoms with van der Waals surface area (Å²) in [6, 6.07) is 9.57. The molecule has 0 aliphatic carbocycles. The lowest BCUT2D eigenvalue weighted by Gasteiger charge is -2.29. The van der Waals surface area contributed by atoms with Gasteiger partial charge in [-0.2, -0.15) is 0 Å². The van der Waals surface area contributed by atoms with Crippen molar-refractivity contribution in [1.29, 1.82) is 0 Å². The number of amides is 3. The highest BCUT2D eigenvalue weighted by Crippen LogP contribution is 2.32. The van der Waals surface area contributed by atoms with Crippen molar-refractivity contribution in [3.63, 3.8) is 0 Å². The minimum atomic E-state index is -0.618. The average Bonchev–Trinajstić information content (AvgIpc) is 3.43. The number of imide groups is 1. The summed E-state index contributed by atoms with van der Waals surface area (Å²) in [5.41, 5.74) is 5.52. The maximum atomic E-state index is 13.2. The Bertz CT molecular complexity index is 1430. The topological polar surface area (TPSA) is 87.5 Å². The lowest BCUT2D eigenvalue weighted by molar-refractivity contribution is -0.136. The summed E-state index contributed by atoms with van der Waals surface area (Å²) in [4.78, 5) is 46.4. The maximum Gasteiger partial charge on any atom is 0.255 e. The van der Waals surface area contributed by atoms with Crippen LogP contribution in [0.3, 0.4) is 0 Å². The Morgan fingerprint density at radius 3 is 2.62 bits per heavy atom. The molecular formula is C31H39N5O3. The molecule has 2 aliphatic heterocycles. The third kappa shape index (κ3) is 5.48. The molecule has 2 aliphatic rings. The molecule has 5 rings (SSSR count). The van der Waals surface area contributed by atoms with Gasteiger partial charge < -0.3 is 9.47 Å². The molecule has 8 heteroatoms. The first-order chi connectivity index (χ1) is 18.6. The van der Waals surface area contributed by atoms with Crippen molar-refractivity contribution in [1.82, 2.24) is 24.7 Å². The fourth-order valence-corrected chi connectivity index (χ4v) is 5.84. The van der Waals surface area contributed by atoms with Crippen LogP contribution in [0.15, 0.2) is 36.5 Å². The molecule has 1 N–H and O–H groups in total. The lowest BCUT2D eigenvalue weighted by atomic mass is 10.0. The van der Waals surface area contributed by atoms with Gasteiger partial charge >= 0.3 is 0 Å². The van der Waals surface area contributed by atoms with E-state index in [4.69, 9.17) is 4.98 Å². The molecule has 0 bridgehead atoms. The van der Waals surface area contributed by atoms with Crippen LogP contribution in [0, 0.1) is 11.8 Å². The predicted octanol–water partition coefficient (Wildman–Crippen LogP) is 4.51. The number of piperidine rings is 1. The van der Waals surface area contributed by atoms with Crippen LogP contribution in [0.5, 0.6) is 0 Å². The van der Waals surface area contributed by atoms with Crippen LogP contribution in [0.4, 0.5) is 0 Å². The van der Waals surface area contributed by atoms with E-state index in [-0.39, 0.29) is 18.2 Å². The normalized spacial score (nSPS) is 18.4. The third-order valence-electron chi connectivity index (χ3n) is 8.03. The van der Waals surface area contributed by atoms with Crippen molar-refractivity contribution in [3.8, 4) is 11.3 Å². The van der Waals surface area contributed by atoms with E-state index in [1.54, 1.807) is 4.90 Å². The van der Waals surface area contributed by atoms with E-state index in [0.717, 1.165) is 48.5 Å². The zero-order valence-corrected chi connectivity index (χ0v) is 23.7. The van der Waals surface area contributed by atoms with Gasteiger partial charge in [0.15, 0.2) is 0 Å². The maximum absolute atomic E-state index is 13.2. The van der Waals surface area contributed by atoms with E-state index in [1.807, 2.05) is 25.2 Å². The summed E-state index contributed by atoms with van der Waals surface area (Å²) in [6.07, 6.45) is 3.82. The summed E-state index contributed by atoms with van der Waals surface area (Å²) < 4.78 is 2.06. The Morgan fingerprint density at radius 2 is 1.90 bits per heavy atom. The number of carbonyl (C=O) groups is 3. The Labute approximate surface area is 230 Å². The molecule has 3 amide bonds. The number of fused-ring (bicyclic) bond motifs is 2. The molecule has 0 saturated carbocycles. The van der Waals surface area contributed by atoms with E-state index in [0.29, 0.717) is 30.4 Å². The van der Waals surface area contributed by atoms with Crippen LogP contribution in [0.1, 0.15) is 68.4 Å². The molecule has 1 fully saturated rings. The van der Waals surface area contributed by atoms with Crippen LogP contribution >= 0.6 is 0 Å². The second-order valence-electron chi connectivity index (χ2n) is 11.7. The zero-order chi connectivity index (χ0) is 27.8. The van der Waals surface area contributed by atoms with E-state index >= 15 is 0 Å². The Hall–Kier alpha value is -3.52. The van der Waals surface area contributed by atoms with Crippen molar-refractivity contribution >= 4 is 28.8 Å². The molecule has 2 unspecified atom stereocenters.